The second kappa shape index (κ2) is 6.21. The lowest BCUT2D eigenvalue weighted by Crippen LogP contribution is -2.06. The molecular formula is C13H9BrF4N2O. The predicted octanol–water partition coefficient (Wildman–Crippen LogP) is 4.65. The number of nitrogens with two attached hydrogens (primary N) is 1. The molecule has 0 amide bonds. The van der Waals surface area contributed by atoms with Crippen LogP contribution in [-0.2, 0) is 0 Å². The Morgan fingerprint density at radius 3 is 2.43 bits per heavy atom. The smallest absolute Gasteiger partial charge is 0.387 e. The molecule has 0 atom stereocenters. The second-order valence-corrected chi connectivity index (χ2v) is 4.86. The van der Waals surface area contributed by atoms with Crippen LogP contribution >= 0.6 is 15.9 Å². The summed E-state index contributed by atoms with van der Waals surface area (Å²) >= 11 is 3.00. The van der Waals surface area contributed by atoms with Gasteiger partial charge in [0.25, 0.3) is 0 Å². The van der Waals surface area contributed by atoms with Crippen molar-refractivity contribution in [3.63, 3.8) is 0 Å². The van der Waals surface area contributed by atoms with Gasteiger partial charge in [-0.05, 0) is 34.1 Å². The molecule has 0 aliphatic rings. The van der Waals surface area contributed by atoms with Crippen LogP contribution in [-0.4, -0.2) is 6.61 Å². The predicted molar refractivity (Wildman–Crippen MR) is 74.8 cm³/mol. The van der Waals surface area contributed by atoms with Gasteiger partial charge in [0.05, 0.1) is 15.8 Å². The average molecular weight is 365 g/mol. The quantitative estimate of drug-likeness (QED) is 0.612. The summed E-state index contributed by atoms with van der Waals surface area (Å²) in [6.07, 6.45) is 0. The zero-order valence-corrected chi connectivity index (χ0v) is 11.9. The molecule has 21 heavy (non-hydrogen) atoms. The zero-order valence-electron chi connectivity index (χ0n) is 10.3. The highest BCUT2D eigenvalue weighted by Crippen LogP contribution is 2.32. The van der Waals surface area contributed by atoms with Gasteiger partial charge in [-0.25, -0.2) is 8.78 Å². The Morgan fingerprint density at radius 1 is 1.10 bits per heavy atom. The number of benzene rings is 2. The molecule has 0 aliphatic carbocycles. The van der Waals surface area contributed by atoms with E-state index in [9.17, 15) is 17.6 Å². The van der Waals surface area contributed by atoms with E-state index in [1.165, 1.54) is 18.2 Å². The monoisotopic (exact) mass is 364 g/mol. The van der Waals surface area contributed by atoms with Crippen LogP contribution in [0.15, 0.2) is 34.8 Å². The van der Waals surface area contributed by atoms with Crippen LogP contribution in [0.1, 0.15) is 0 Å². The van der Waals surface area contributed by atoms with Gasteiger partial charge in [0.15, 0.2) is 11.6 Å². The minimum atomic E-state index is -3.17. The summed E-state index contributed by atoms with van der Waals surface area (Å²) in [7, 11) is 0. The SMILES string of the molecule is Nc1cc(F)c(OC(F)F)cc1Nc1ccc(Br)c(F)c1. The standard InChI is InChI=1S/C13H9BrF4N2O/c14-7-2-1-6(3-8(7)15)20-11-5-12(21-13(17)18)9(16)4-10(11)19/h1-5,13,20H,19H2. The van der Waals surface area contributed by atoms with Gasteiger partial charge >= 0.3 is 6.61 Å². The van der Waals surface area contributed by atoms with Gasteiger partial charge in [-0.3, -0.25) is 0 Å². The van der Waals surface area contributed by atoms with Gasteiger partial charge in [0, 0.05) is 17.8 Å². The fourth-order valence-corrected chi connectivity index (χ4v) is 1.84. The molecular weight excluding hydrogens is 356 g/mol. The first-order chi connectivity index (χ1) is 9.86. The van der Waals surface area contributed by atoms with Crippen molar-refractivity contribution in [3.05, 3.63) is 46.4 Å². The number of hydrogen-bond donors (Lipinski definition) is 2. The lowest BCUT2D eigenvalue weighted by atomic mass is 10.2. The molecule has 0 saturated heterocycles. The van der Waals surface area contributed by atoms with Gasteiger partial charge in [-0.1, -0.05) is 0 Å². The molecule has 0 radical (unpaired) electrons. The van der Waals surface area contributed by atoms with E-state index in [4.69, 9.17) is 5.73 Å². The number of nitrogens with one attached hydrogen (secondary N) is 1. The molecule has 2 rings (SSSR count). The summed E-state index contributed by atoms with van der Waals surface area (Å²) in [6.45, 7) is -3.17. The third-order valence-electron chi connectivity index (χ3n) is 2.52. The first kappa shape index (κ1) is 15.4. The largest absolute Gasteiger partial charge is 0.432 e. The maximum atomic E-state index is 13.4. The molecule has 0 heterocycles. The Bertz CT molecular complexity index is 667. The third kappa shape index (κ3) is 3.78. The number of rotatable bonds is 4. The molecule has 2 aromatic carbocycles. The fourth-order valence-electron chi connectivity index (χ4n) is 1.59. The first-order valence-corrected chi connectivity index (χ1v) is 6.42. The Labute approximate surface area is 125 Å². The summed E-state index contributed by atoms with van der Waals surface area (Å²) < 4.78 is 55.4. The maximum absolute atomic E-state index is 13.4. The molecule has 0 saturated carbocycles. The molecule has 0 spiro atoms. The van der Waals surface area contributed by atoms with Crippen molar-refractivity contribution in [1.29, 1.82) is 0 Å². The molecule has 0 aliphatic heterocycles. The number of nitrogen functional groups attached to an aromatic ring is 1. The first-order valence-electron chi connectivity index (χ1n) is 5.62. The molecule has 8 heteroatoms. The fraction of sp³-hybridized carbons (Fsp3) is 0.0769. The summed E-state index contributed by atoms with van der Waals surface area (Å²) in [6, 6.07) is 5.98. The second-order valence-electron chi connectivity index (χ2n) is 4.00. The van der Waals surface area contributed by atoms with Crippen molar-refractivity contribution in [1.82, 2.24) is 0 Å². The van der Waals surface area contributed by atoms with Gasteiger partial charge in [0.1, 0.15) is 5.82 Å². The van der Waals surface area contributed by atoms with Crippen LogP contribution in [0.5, 0.6) is 5.75 Å². The van der Waals surface area contributed by atoms with Crippen molar-refractivity contribution in [2.45, 2.75) is 6.61 Å². The average Bonchev–Trinajstić information content (AvgIpc) is 2.39. The Kier molecular flexibility index (Phi) is 4.56. The maximum Gasteiger partial charge on any atom is 0.387 e. The minimum Gasteiger partial charge on any atom is -0.432 e. The van der Waals surface area contributed by atoms with Crippen molar-refractivity contribution in [2.24, 2.45) is 0 Å². The van der Waals surface area contributed by atoms with Crippen LogP contribution < -0.4 is 15.8 Å². The van der Waals surface area contributed by atoms with E-state index in [-0.39, 0.29) is 15.8 Å². The van der Waals surface area contributed by atoms with E-state index < -0.39 is 24.0 Å². The van der Waals surface area contributed by atoms with Gasteiger partial charge < -0.3 is 15.8 Å². The Balaban J connectivity index is 2.32. The van der Waals surface area contributed by atoms with E-state index in [0.29, 0.717) is 5.69 Å². The third-order valence-corrected chi connectivity index (χ3v) is 3.16. The lowest BCUT2D eigenvalue weighted by molar-refractivity contribution is -0.0521. The molecule has 0 unspecified atom stereocenters. The zero-order chi connectivity index (χ0) is 15.6. The van der Waals surface area contributed by atoms with Crippen LogP contribution in [0.3, 0.4) is 0 Å². The number of anilines is 3. The number of alkyl halides is 2. The highest BCUT2D eigenvalue weighted by Gasteiger charge is 2.14. The van der Waals surface area contributed by atoms with E-state index in [0.717, 1.165) is 12.1 Å². The molecule has 3 N–H and O–H groups in total. The number of ether oxygens (including phenoxy) is 1. The van der Waals surface area contributed by atoms with Crippen LogP contribution in [0, 0.1) is 11.6 Å². The van der Waals surface area contributed by atoms with Gasteiger partial charge in [0.2, 0.25) is 0 Å². The summed E-state index contributed by atoms with van der Waals surface area (Å²) in [5.41, 5.74) is 5.99. The van der Waals surface area contributed by atoms with E-state index in [1.54, 1.807) is 0 Å². The number of hydrogen-bond acceptors (Lipinski definition) is 3. The van der Waals surface area contributed by atoms with E-state index >= 15 is 0 Å². The molecule has 0 aromatic heterocycles. The molecule has 0 bridgehead atoms. The van der Waals surface area contributed by atoms with Crippen LogP contribution in [0.2, 0.25) is 0 Å². The van der Waals surface area contributed by atoms with Gasteiger partial charge in [-0.2, -0.15) is 8.78 Å². The minimum absolute atomic E-state index is 0.0301. The normalized spacial score (nSPS) is 10.8. The van der Waals surface area contributed by atoms with Crippen LogP contribution in [0.4, 0.5) is 34.6 Å². The Hall–Kier alpha value is -1.96. The van der Waals surface area contributed by atoms with Crippen molar-refractivity contribution < 1.29 is 22.3 Å². The molecule has 0 fully saturated rings. The highest BCUT2D eigenvalue weighted by molar-refractivity contribution is 9.10. The molecule has 2 aromatic rings. The van der Waals surface area contributed by atoms with Crippen molar-refractivity contribution in [3.8, 4) is 5.75 Å². The topological polar surface area (TPSA) is 47.3 Å². The lowest BCUT2D eigenvalue weighted by Gasteiger charge is -2.13. The summed E-state index contributed by atoms with van der Waals surface area (Å²) in [5, 5.41) is 2.70. The van der Waals surface area contributed by atoms with E-state index in [1.807, 2.05) is 0 Å². The highest BCUT2D eigenvalue weighted by atomic mass is 79.9. The van der Waals surface area contributed by atoms with Crippen molar-refractivity contribution in [2.75, 3.05) is 11.1 Å². The summed E-state index contributed by atoms with van der Waals surface area (Å²) in [5.74, 6) is -2.19. The van der Waals surface area contributed by atoms with E-state index in [2.05, 4.69) is 26.0 Å². The molecule has 112 valence electrons. The van der Waals surface area contributed by atoms with Crippen LogP contribution in [0.25, 0.3) is 0 Å². The van der Waals surface area contributed by atoms with Crippen molar-refractivity contribution >= 4 is 33.0 Å². The van der Waals surface area contributed by atoms with Gasteiger partial charge in [-0.15, -0.1) is 0 Å². The summed E-state index contributed by atoms with van der Waals surface area (Å²) in [4.78, 5) is 0. The molecule has 3 nitrogen and oxygen atoms in total. The Morgan fingerprint density at radius 2 is 1.81 bits per heavy atom. The number of halogens is 5.